The lowest BCUT2D eigenvalue weighted by molar-refractivity contribution is 0.634. The van der Waals surface area contributed by atoms with Crippen molar-refractivity contribution in [1.82, 2.24) is 10.6 Å². The number of nitrogens with zero attached hydrogens (tertiary/aromatic N) is 1. The summed E-state index contributed by atoms with van der Waals surface area (Å²) < 4.78 is 0. The Labute approximate surface area is 126 Å². The summed E-state index contributed by atoms with van der Waals surface area (Å²) in [4.78, 5) is 5.94. The molecule has 0 fully saturated rings. The molecule has 0 saturated heterocycles. The Bertz CT molecular complexity index is 434. The van der Waals surface area contributed by atoms with Crippen LogP contribution in [-0.4, -0.2) is 30.8 Å². The van der Waals surface area contributed by atoms with Gasteiger partial charge in [0.25, 0.3) is 0 Å². The lowest BCUT2D eigenvalue weighted by Gasteiger charge is -2.16. The Hall–Kier alpha value is -1.42. The van der Waals surface area contributed by atoms with Crippen molar-refractivity contribution in [1.29, 1.82) is 0 Å². The molecule has 0 radical (unpaired) electrons. The van der Waals surface area contributed by atoms with Crippen LogP contribution in [0.4, 0.5) is 0 Å². The van der Waals surface area contributed by atoms with Crippen LogP contribution in [0, 0.1) is 0 Å². The first-order chi connectivity index (χ1) is 9.88. The van der Waals surface area contributed by atoms with E-state index in [-0.39, 0.29) is 0 Å². The summed E-state index contributed by atoms with van der Waals surface area (Å²) in [5.41, 5.74) is 0. The predicted molar refractivity (Wildman–Crippen MR) is 88.4 cm³/mol. The number of hydrogen-bond acceptors (Lipinski definition) is 2. The average molecular weight is 289 g/mol. The van der Waals surface area contributed by atoms with Crippen LogP contribution in [0.2, 0.25) is 0 Å². The Morgan fingerprint density at radius 1 is 1.25 bits per heavy atom. The standard InChI is InChI=1S/C16H23N3S/c1-2-17-16(19-14-8-6-7-9-14)18-12-13-20-15-10-4-3-5-11-15/h3-7,10-11,14H,2,8-9,12-13H2,1H3,(H2,17,18,19). The molecule has 0 spiro atoms. The van der Waals surface area contributed by atoms with Crippen molar-refractivity contribution in [3.8, 4) is 0 Å². The van der Waals surface area contributed by atoms with Crippen LogP contribution in [0.3, 0.4) is 0 Å². The molecule has 0 aliphatic heterocycles. The zero-order valence-corrected chi connectivity index (χ0v) is 12.8. The third kappa shape index (κ3) is 5.29. The summed E-state index contributed by atoms with van der Waals surface area (Å²) in [7, 11) is 0. The van der Waals surface area contributed by atoms with Gasteiger partial charge in [0.05, 0.1) is 6.54 Å². The Balaban J connectivity index is 1.73. The molecular weight excluding hydrogens is 266 g/mol. The minimum atomic E-state index is 0.509. The van der Waals surface area contributed by atoms with Gasteiger partial charge in [0, 0.05) is 23.2 Å². The van der Waals surface area contributed by atoms with Crippen LogP contribution in [0.25, 0.3) is 0 Å². The fraction of sp³-hybridized carbons (Fsp3) is 0.438. The van der Waals surface area contributed by atoms with Crippen molar-refractivity contribution in [3.63, 3.8) is 0 Å². The van der Waals surface area contributed by atoms with Crippen molar-refractivity contribution < 1.29 is 0 Å². The van der Waals surface area contributed by atoms with Crippen LogP contribution in [-0.2, 0) is 0 Å². The molecule has 1 aromatic carbocycles. The van der Waals surface area contributed by atoms with E-state index in [2.05, 4.69) is 59.0 Å². The lowest BCUT2D eigenvalue weighted by Crippen LogP contribution is -2.42. The van der Waals surface area contributed by atoms with Gasteiger partial charge in [-0.05, 0) is 31.9 Å². The quantitative estimate of drug-likeness (QED) is 0.278. The Morgan fingerprint density at radius 2 is 2.00 bits per heavy atom. The van der Waals surface area contributed by atoms with Crippen LogP contribution >= 0.6 is 11.8 Å². The molecule has 20 heavy (non-hydrogen) atoms. The number of nitrogens with one attached hydrogen (secondary N) is 2. The SMILES string of the molecule is CCNC(=NCCSc1ccccc1)NC1CC=CC1. The van der Waals surface area contributed by atoms with Crippen molar-refractivity contribution in [2.45, 2.75) is 30.7 Å². The maximum atomic E-state index is 4.64. The van der Waals surface area contributed by atoms with E-state index >= 15 is 0 Å². The molecule has 0 atom stereocenters. The second-order valence-corrected chi connectivity index (χ2v) is 5.87. The molecule has 1 aliphatic carbocycles. The minimum Gasteiger partial charge on any atom is -0.357 e. The number of hydrogen-bond donors (Lipinski definition) is 2. The van der Waals surface area contributed by atoms with E-state index in [4.69, 9.17) is 0 Å². The molecule has 2 N–H and O–H groups in total. The molecule has 0 bridgehead atoms. The van der Waals surface area contributed by atoms with Gasteiger partial charge in [0.2, 0.25) is 0 Å². The van der Waals surface area contributed by atoms with E-state index in [1.54, 1.807) is 0 Å². The van der Waals surface area contributed by atoms with Crippen molar-refractivity contribution in [3.05, 3.63) is 42.5 Å². The predicted octanol–water partition coefficient (Wildman–Crippen LogP) is 3.05. The number of guanidine groups is 1. The van der Waals surface area contributed by atoms with Crippen LogP contribution in [0.5, 0.6) is 0 Å². The summed E-state index contributed by atoms with van der Waals surface area (Å²) in [6, 6.07) is 11.0. The summed E-state index contributed by atoms with van der Waals surface area (Å²) in [5.74, 6) is 1.94. The molecule has 108 valence electrons. The summed E-state index contributed by atoms with van der Waals surface area (Å²) >= 11 is 1.85. The molecule has 1 aliphatic rings. The number of aliphatic imine (C=N–C) groups is 1. The van der Waals surface area contributed by atoms with Crippen LogP contribution < -0.4 is 10.6 Å². The van der Waals surface area contributed by atoms with Gasteiger partial charge < -0.3 is 10.6 Å². The van der Waals surface area contributed by atoms with Crippen molar-refractivity contribution in [2.75, 3.05) is 18.8 Å². The lowest BCUT2D eigenvalue weighted by atomic mass is 10.2. The number of thioether (sulfide) groups is 1. The van der Waals surface area contributed by atoms with Gasteiger partial charge in [0.15, 0.2) is 5.96 Å². The van der Waals surface area contributed by atoms with Gasteiger partial charge in [0.1, 0.15) is 0 Å². The smallest absolute Gasteiger partial charge is 0.191 e. The van der Waals surface area contributed by atoms with E-state index in [1.807, 2.05) is 17.8 Å². The molecule has 3 nitrogen and oxygen atoms in total. The first kappa shape index (κ1) is 15.0. The molecule has 0 aromatic heterocycles. The maximum absolute atomic E-state index is 4.64. The molecule has 0 heterocycles. The third-order valence-electron chi connectivity index (χ3n) is 3.07. The van der Waals surface area contributed by atoms with E-state index in [0.29, 0.717) is 6.04 Å². The fourth-order valence-corrected chi connectivity index (χ4v) is 2.85. The molecule has 4 heteroatoms. The number of benzene rings is 1. The van der Waals surface area contributed by atoms with Gasteiger partial charge in [-0.2, -0.15) is 0 Å². The second kappa shape index (κ2) is 8.69. The molecule has 1 aromatic rings. The van der Waals surface area contributed by atoms with E-state index in [0.717, 1.165) is 37.6 Å². The maximum Gasteiger partial charge on any atom is 0.191 e. The topological polar surface area (TPSA) is 36.4 Å². The zero-order valence-electron chi connectivity index (χ0n) is 12.0. The first-order valence-electron chi connectivity index (χ1n) is 7.26. The normalized spacial score (nSPS) is 15.6. The van der Waals surface area contributed by atoms with Gasteiger partial charge in [-0.1, -0.05) is 30.4 Å². The third-order valence-corrected chi connectivity index (χ3v) is 4.06. The van der Waals surface area contributed by atoms with Crippen molar-refractivity contribution >= 4 is 17.7 Å². The Morgan fingerprint density at radius 3 is 2.70 bits per heavy atom. The second-order valence-electron chi connectivity index (χ2n) is 4.71. The summed E-state index contributed by atoms with van der Waals surface area (Å²) in [6.07, 6.45) is 6.66. The average Bonchev–Trinajstić information content (AvgIpc) is 2.98. The molecular formula is C16H23N3S. The summed E-state index contributed by atoms with van der Waals surface area (Å²) in [5, 5.41) is 6.79. The monoisotopic (exact) mass is 289 g/mol. The zero-order chi connectivity index (χ0) is 14.0. The molecule has 0 unspecified atom stereocenters. The highest BCUT2D eigenvalue weighted by Gasteiger charge is 2.11. The van der Waals surface area contributed by atoms with Gasteiger partial charge >= 0.3 is 0 Å². The van der Waals surface area contributed by atoms with E-state index in [1.165, 1.54) is 4.90 Å². The van der Waals surface area contributed by atoms with Gasteiger partial charge in [-0.3, -0.25) is 4.99 Å². The van der Waals surface area contributed by atoms with Gasteiger partial charge in [-0.25, -0.2) is 0 Å². The fourth-order valence-electron chi connectivity index (χ4n) is 2.09. The summed E-state index contributed by atoms with van der Waals surface area (Å²) in [6.45, 7) is 3.83. The minimum absolute atomic E-state index is 0.509. The van der Waals surface area contributed by atoms with E-state index in [9.17, 15) is 0 Å². The molecule has 0 amide bonds. The highest BCUT2D eigenvalue weighted by molar-refractivity contribution is 7.99. The highest BCUT2D eigenvalue weighted by Crippen LogP contribution is 2.16. The molecule has 2 rings (SSSR count). The van der Waals surface area contributed by atoms with Gasteiger partial charge in [-0.15, -0.1) is 11.8 Å². The van der Waals surface area contributed by atoms with E-state index < -0.39 is 0 Å². The van der Waals surface area contributed by atoms with Crippen LogP contribution in [0.15, 0.2) is 52.4 Å². The molecule has 0 saturated carbocycles. The first-order valence-corrected chi connectivity index (χ1v) is 8.24. The largest absolute Gasteiger partial charge is 0.357 e. The highest BCUT2D eigenvalue weighted by atomic mass is 32.2. The van der Waals surface area contributed by atoms with Crippen molar-refractivity contribution in [2.24, 2.45) is 4.99 Å². The Kier molecular flexibility index (Phi) is 6.51. The number of rotatable bonds is 6. The van der Waals surface area contributed by atoms with Crippen LogP contribution in [0.1, 0.15) is 19.8 Å².